The minimum Gasteiger partial charge on any atom is -0.451 e. The molecule has 130 valence electrons. The van der Waals surface area contributed by atoms with Crippen molar-refractivity contribution in [3.05, 3.63) is 71.4 Å². The molecular weight excluding hydrogens is 328 g/mol. The second-order valence-corrected chi connectivity index (χ2v) is 6.35. The third-order valence-corrected chi connectivity index (χ3v) is 4.52. The number of rotatable bonds is 4. The van der Waals surface area contributed by atoms with Crippen molar-refractivity contribution >= 4 is 28.5 Å². The zero-order valence-corrected chi connectivity index (χ0v) is 14.2. The van der Waals surface area contributed by atoms with Crippen LogP contribution in [0.15, 0.2) is 54.6 Å². The van der Waals surface area contributed by atoms with Crippen molar-refractivity contribution < 1.29 is 14.3 Å². The molecule has 2 aromatic carbocycles. The van der Waals surface area contributed by atoms with Crippen LogP contribution in [-0.4, -0.2) is 23.5 Å². The number of benzene rings is 2. The van der Waals surface area contributed by atoms with Gasteiger partial charge in [-0.1, -0.05) is 30.3 Å². The first-order chi connectivity index (χ1) is 12.7. The van der Waals surface area contributed by atoms with E-state index < -0.39 is 5.97 Å². The number of carbonyl (C=O) groups excluding carboxylic acids is 2. The highest BCUT2D eigenvalue weighted by atomic mass is 16.5. The van der Waals surface area contributed by atoms with Gasteiger partial charge in [0.1, 0.15) is 5.69 Å². The Kier molecular flexibility index (Phi) is 4.35. The van der Waals surface area contributed by atoms with E-state index in [1.54, 1.807) is 6.07 Å². The average molecular weight is 346 g/mol. The molecule has 0 saturated heterocycles. The number of anilines is 1. The fourth-order valence-corrected chi connectivity index (χ4v) is 3.23. The van der Waals surface area contributed by atoms with E-state index in [2.05, 4.69) is 10.3 Å². The summed E-state index contributed by atoms with van der Waals surface area (Å²) >= 11 is 0. The quantitative estimate of drug-likeness (QED) is 0.734. The Morgan fingerprint density at radius 2 is 1.85 bits per heavy atom. The van der Waals surface area contributed by atoms with Crippen LogP contribution in [0.3, 0.4) is 0 Å². The molecule has 0 saturated carbocycles. The number of hydrogen-bond donors (Lipinski definition) is 1. The Hall–Kier alpha value is -3.21. The van der Waals surface area contributed by atoms with E-state index in [0.717, 1.165) is 30.3 Å². The fraction of sp³-hybridized carbons (Fsp3) is 0.190. The van der Waals surface area contributed by atoms with Crippen molar-refractivity contribution in [2.75, 3.05) is 11.9 Å². The molecule has 5 heteroatoms. The standard InChI is InChI=1S/C21H18N2O3/c24-20(22-17-10-8-14-5-3-6-16(14)12-17)13-26-21(25)19-11-9-15-4-1-2-7-18(15)23-19/h1-2,4,7-12H,3,5-6,13H2,(H,22,24). The summed E-state index contributed by atoms with van der Waals surface area (Å²) in [6.45, 7) is -0.343. The van der Waals surface area contributed by atoms with Gasteiger partial charge < -0.3 is 10.1 Å². The number of para-hydroxylation sites is 1. The SMILES string of the molecule is O=C(COC(=O)c1ccc2ccccc2n1)Nc1ccc2c(c1)CCC2. The van der Waals surface area contributed by atoms with Gasteiger partial charge in [0.2, 0.25) is 0 Å². The lowest BCUT2D eigenvalue weighted by Crippen LogP contribution is -2.21. The van der Waals surface area contributed by atoms with E-state index in [9.17, 15) is 9.59 Å². The Labute approximate surface area is 151 Å². The first-order valence-electron chi connectivity index (χ1n) is 8.63. The molecule has 1 aromatic heterocycles. The van der Waals surface area contributed by atoms with Crippen LogP contribution in [0.2, 0.25) is 0 Å². The molecule has 0 fully saturated rings. The highest BCUT2D eigenvalue weighted by Gasteiger charge is 2.14. The van der Waals surface area contributed by atoms with Gasteiger partial charge in [0.05, 0.1) is 5.52 Å². The van der Waals surface area contributed by atoms with Crippen molar-refractivity contribution in [2.24, 2.45) is 0 Å². The van der Waals surface area contributed by atoms with Crippen molar-refractivity contribution in [3.8, 4) is 0 Å². The number of fused-ring (bicyclic) bond motifs is 2. The average Bonchev–Trinajstić information content (AvgIpc) is 3.13. The van der Waals surface area contributed by atoms with Crippen molar-refractivity contribution in [1.29, 1.82) is 0 Å². The summed E-state index contributed by atoms with van der Waals surface area (Å²) in [5.74, 6) is -0.975. The van der Waals surface area contributed by atoms with Crippen LogP contribution in [0, 0.1) is 0 Å². The van der Waals surface area contributed by atoms with Crippen LogP contribution in [-0.2, 0) is 22.4 Å². The maximum absolute atomic E-state index is 12.1. The predicted octanol–water partition coefficient (Wildman–Crippen LogP) is 3.52. The van der Waals surface area contributed by atoms with E-state index in [0.29, 0.717) is 5.52 Å². The number of nitrogens with zero attached hydrogens (tertiary/aromatic N) is 1. The molecular formula is C21H18N2O3. The van der Waals surface area contributed by atoms with E-state index in [1.165, 1.54) is 11.1 Å². The van der Waals surface area contributed by atoms with E-state index in [-0.39, 0.29) is 18.2 Å². The molecule has 0 unspecified atom stereocenters. The van der Waals surface area contributed by atoms with Gasteiger partial charge in [-0.2, -0.15) is 0 Å². The molecule has 26 heavy (non-hydrogen) atoms. The summed E-state index contributed by atoms with van der Waals surface area (Å²) in [5, 5.41) is 3.71. The van der Waals surface area contributed by atoms with Crippen LogP contribution in [0.4, 0.5) is 5.69 Å². The lowest BCUT2D eigenvalue weighted by atomic mass is 10.1. The lowest BCUT2D eigenvalue weighted by Gasteiger charge is -2.08. The molecule has 1 amide bonds. The molecule has 0 atom stereocenters. The molecule has 1 heterocycles. The van der Waals surface area contributed by atoms with Crippen LogP contribution in [0.5, 0.6) is 0 Å². The van der Waals surface area contributed by atoms with E-state index in [4.69, 9.17) is 4.74 Å². The van der Waals surface area contributed by atoms with Gasteiger partial charge in [-0.05, 0) is 54.7 Å². The summed E-state index contributed by atoms with van der Waals surface area (Å²) in [6, 6.07) is 16.8. The summed E-state index contributed by atoms with van der Waals surface area (Å²) in [5.41, 5.74) is 4.26. The molecule has 1 N–H and O–H groups in total. The molecule has 0 spiro atoms. The summed E-state index contributed by atoms with van der Waals surface area (Å²) < 4.78 is 5.09. The summed E-state index contributed by atoms with van der Waals surface area (Å²) in [6.07, 6.45) is 3.30. The van der Waals surface area contributed by atoms with Crippen LogP contribution >= 0.6 is 0 Å². The fourth-order valence-electron chi connectivity index (χ4n) is 3.23. The van der Waals surface area contributed by atoms with Gasteiger partial charge in [0.25, 0.3) is 5.91 Å². The van der Waals surface area contributed by atoms with E-state index >= 15 is 0 Å². The molecule has 0 aliphatic heterocycles. The third-order valence-electron chi connectivity index (χ3n) is 4.52. The number of nitrogens with one attached hydrogen (secondary N) is 1. The van der Waals surface area contributed by atoms with Crippen LogP contribution < -0.4 is 5.32 Å². The van der Waals surface area contributed by atoms with Gasteiger partial charge in [-0.25, -0.2) is 9.78 Å². The predicted molar refractivity (Wildman–Crippen MR) is 99.1 cm³/mol. The van der Waals surface area contributed by atoms with Crippen LogP contribution in [0.1, 0.15) is 28.0 Å². The minimum absolute atomic E-state index is 0.189. The number of esters is 1. The topological polar surface area (TPSA) is 68.3 Å². The summed E-state index contributed by atoms with van der Waals surface area (Å²) in [4.78, 5) is 28.5. The van der Waals surface area contributed by atoms with Gasteiger partial charge in [-0.3, -0.25) is 4.79 Å². The maximum atomic E-state index is 12.1. The molecule has 0 bridgehead atoms. The Balaban J connectivity index is 1.36. The number of amides is 1. The number of aryl methyl sites for hydroxylation is 2. The molecule has 5 nitrogen and oxygen atoms in total. The second-order valence-electron chi connectivity index (χ2n) is 6.35. The molecule has 3 aromatic rings. The second kappa shape index (κ2) is 6.96. The highest BCUT2D eigenvalue weighted by Crippen LogP contribution is 2.24. The monoisotopic (exact) mass is 346 g/mol. The zero-order chi connectivity index (χ0) is 17.9. The molecule has 1 aliphatic carbocycles. The highest BCUT2D eigenvalue weighted by molar-refractivity contribution is 5.95. The summed E-state index contributed by atoms with van der Waals surface area (Å²) in [7, 11) is 0. The van der Waals surface area contributed by atoms with Gasteiger partial charge in [0, 0.05) is 11.1 Å². The number of hydrogen-bond acceptors (Lipinski definition) is 4. The Morgan fingerprint density at radius 3 is 2.77 bits per heavy atom. The number of aromatic nitrogens is 1. The first kappa shape index (κ1) is 16.3. The van der Waals surface area contributed by atoms with Crippen molar-refractivity contribution in [1.82, 2.24) is 4.98 Å². The van der Waals surface area contributed by atoms with Gasteiger partial charge in [0.15, 0.2) is 6.61 Å². The smallest absolute Gasteiger partial charge is 0.357 e. The molecule has 1 aliphatic rings. The number of pyridine rings is 1. The van der Waals surface area contributed by atoms with Gasteiger partial charge in [-0.15, -0.1) is 0 Å². The Bertz CT molecular complexity index is 997. The minimum atomic E-state index is -0.611. The van der Waals surface area contributed by atoms with Crippen LogP contribution in [0.25, 0.3) is 10.9 Å². The van der Waals surface area contributed by atoms with Crippen molar-refractivity contribution in [3.63, 3.8) is 0 Å². The lowest BCUT2D eigenvalue weighted by molar-refractivity contribution is -0.119. The Morgan fingerprint density at radius 1 is 1.00 bits per heavy atom. The maximum Gasteiger partial charge on any atom is 0.357 e. The number of ether oxygens (including phenoxy) is 1. The first-order valence-corrected chi connectivity index (χ1v) is 8.63. The molecule has 0 radical (unpaired) electrons. The normalized spacial score (nSPS) is 12.6. The third kappa shape index (κ3) is 3.42. The number of carbonyl (C=O) groups is 2. The largest absolute Gasteiger partial charge is 0.451 e. The van der Waals surface area contributed by atoms with Crippen molar-refractivity contribution in [2.45, 2.75) is 19.3 Å². The zero-order valence-electron chi connectivity index (χ0n) is 14.2. The van der Waals surface area contributed by atoms with E-state index in [1.807, 2.05) is 48.5 Å². The molecule has 4 rings (SSSR count). The van der Waals surface area contributed by atoms with Gasteiger partial charge >= 0.3 is 5.97 Å².